The fourth-order valence-electron chi connectivity index (χ4n) is 4.13. The highest BCUT2D eigenvalue weighted by molar-refractivity contribution is 7.79. The molecule has 11 heteroatoms. The summed E-state index contributed by atoms with van der Waals surface area (Å²) in [6, 6.07) is 7.69. The number of benzene rings is 1. The molecule has 1 N–H and O–H groups in total. The topological polar surface area (TPSA) is 88.9 Å². The number of halogens is 3. The molecule has 7 nitrogen and oxygen atoms in total. The number of aromatic nitrogens is 3. The van der Waals surface area contributed by atoms with Gasteiger partial charge in [0.15, 0.2) is 5.69 Å². The lowest BCUT2D eigenvalue weighted by atomic mass is 9.74. The number of fused-ring (bicyclic) bond motifs is 1. The van der Waals surface area contributed by atoms with Crippen molar-refractivity contribution in [1.82, 2.24) is 15.0 Å². The summed E-state index contributed by atoms with van der Waals surface area (Å²) in [4.78, 5) is 27.6. The highest BCUT2D eigenvalue weighted by Crippen LogP contribution is 2.43. The maximum Gasteiger partial charge on any atom is 0.419 e. The number of thiocarbonyl (C=S) groups is 1. The molecule has 1 fully saturated rings. The maximum absolute atomic E-state index is 13.6. The number of nitrogens with one attached hydrogen (secondary N) is 1. The molecule has 0 radical (unpaired) electrons. The van der Waals surface area contributed by atoms with Gasteiger partial charge in [-0.3, -0.25) is 4.79 Å². The predicted molar refractivity (Wildman–Crippen MR) is 121 cm³/mol. The summed E-state index contributed by atoms with van der Waals surface area (Å²) in [7, 11) is 1.40. The minimum absolute atomic E-state index is 0.0541. The number of imidazole rings is 1. The fourth-order valence-corrected chi connectivity index (χ4v) is 4.45. The Labute approximate surface area is 192 Å². The molecule has 1 aromatic carbocycles. The number of alkyl halides is 3. The highest BCUT2D eigenvalue weighted by Gasteiger charge is 2.50. The monoisotopic (exact) mass is 472 g/mol. The number of H-pyrrole nitrogens is 1. The van der Waals surface area contributed by atoms with Gasteiger partial charge in [-0.2, -0.15) is 18.4 Å². The molecule has 1 saturated carbocycles. The SMILES string of the molecule is Cc1nc2ccc(N(C=S)C3(C(=O)N(C)c4cnc(C#N)c(C(F)(F)F)c4)CCC3)cc2[nH]1. The zero-order chi connectivity index (χ0) is 24.0. The number of carbonyl (C=O) groups excluding carboxylic acids is 1. The Hall–Kier alpha value is -3.52. The first-order chi connectivity index (χ1) is 15.6. The van der Waals surface area contributed by atoms with Gasteiger partial charge in [0.25, 0.3) is 5.91 Å². The fraction of sp³-hybridized carbons (Fsp3) is 0.318. The van der Waals surface area contributed by atoms with Gasteiger partial charge >= 0.3 is 6.18 Å². The van der Waals surface area contributed by atoms with Gasteiger partial charge in [-0.25, -0.2) is 9.97 Å². The van der Waals surface area contributed by atoms with Crippen LogP contribution in [0, 0.1) is 18.3 Å². The van der Waals surface area contributed by atoms with Crippen molar-refractivity contribution >= 4 is 46.0 Å². The number of rotatable bonds is 5. The smallest absolute Gasteiger partial charge is 0.342 e. The van der Waals surface area contributed by atoms with Crippen LogP contribution in [0.5, 0.6) is 0 Å². The van der Waals surface area contributed by atoms with Crippen molar-refractivity contribution in [3.05, 3.63) is 47.5 Å². The Morgan fingerprint density at radius 1 is 1.30 bits per heavy atom. The number of amides is 1. The van der Waals surface area contributed by atoms with Gasteiger partial charge in [-0.15, -0.1) is 0 Å². The first-order valence-electron chi connectivity index (χ1n) is 10.1. The molecule has 2 aromatic heterocycles. The van der Waals surface area contributed by atoms with E-state index >= 15 is 0 Å². The first-order valence-corrected chi connectivity index (χ1v) is 10.5. The second kappa shape index (κ2) is 8.12. The van der Waals surface area contributed by atoms with Crippen LogP contribution >= 0.6 is 12.2 Å². The molecule has 3 aromatic rings. The minimum atomic E-state index is -4.77. The van der Waals surface area contributed by atoms with Crippen LogP contribution < -0.4 is 9.80 Å². The third kappa shape index (κ3) is 3.80. The Kier molecular flexibility index (Phi) is 5.57. The zero-order valence-corrected chi connectivity index (χ0v) is 18.6. The molecule has 0 saturated heterocycles. The lowest BCUT2D eigenvalue weighted by molar-refractivity contribution is -0.138. The number of likely N-dealkylation sites (N-methyl/N-ethyl adjacent to an activating group) is 1. The van der Waals surface area contributed by atoms with Crippen LogP contribution in [0.15, 0.2) is 30.5 Å². The average Bonchev–Trinajstić information content (AvgIpc) is 3.13. The van der Waals surface area contributed by atoms with Crippen LogP contribution in [0.4, 0.5) is 24.5 Å². The molecule has 170 valence electrons. The van der Waals surface area contributed by atoms with E-state index in [1.807, 2.05) is 25.1 Å². The molecule has 0 atom stereocenters. The summed E-state index contributed by atoms with van der Waals surface area (Å²) in [5.74, 6) is 0.342. The normalized spacial score (nSPS) is 14.9. The van der Waals surface area contributed by atoms with Crippen molar-refractivity contribution in [1.29, 1.82) is 5.26 Å². The van der Waals surface area contributed by atoms with Gasteiger partial charge in [0.2, 0.25) is 0 Å². The minimum Gasteiger partial charge on any atom is -0.342 e. The van der Waals surface area contributed by atoms with Gasteiger partial charge in [0.05, 0.1) is 34.0 Å². The first kappa shape index (κ1) is 22.7. The zero-order valence-electron chi connectivity index (χ0n) is 17.8. The van der Waals surface area contributed by atoms with Gasteiger partial charge in [-0.1, -0.05) is 12.2 Å². The van der Waals surface area contributed by atoms with Crippen LogP contribution in [-0.2, 0) is 11.0 Å². The number of hydrogen-bond donors (Lipinski definition) is 1. The van der Waals surface area contributed by atoms with E-state index < -0.39 is 28.9 Å². The molecule has 33 heavy (non-hydrogen) atoms. The number of hydrogen-bond acceptors (Lipinski definition) is 5. The largest absolute Gasteiger partial charge is 0.419 e. The molecule has 0 bridgehead atoms. The molecule has 0 unspecified atom stereocenters. The van der Waals surface area contributed by atoms with Crippen LogP contribution in [0.25, 0.3) is 11.0 Å². The van der Waals surface area contributed by atoms with Crippen LogP contribution in [0.3, 0.4) is 0 Å². The Bertz CT molecular complexity index is 1290. The van der Waals surface area contributed by atoms with Crippen LogP contribution in [0.2, 0.25) is 0 Å². The van der Waals surface area contributed by atoms with Crippen molar-refractivity contribution in [2.45, 2.75) is 37.9 Å². The number of aryl methyl sites for hydroxylation is 1. The molecule has 2 heterocycles. The van der Waals surface area contributed by atoms with Gasteiger partial charge < -0.3 is 14.8 Å². The predicted octanol–water partition coefficient (Wildman–Crippen LogP) is 4.51. The summed E-state index contributed by atoms with van der Waals surface area (Å²) < 4.78 is 40.2. The number of carbonyl (C=O) groups is 1. The van der Waals surface area contributed by atoms with Crippen molar-refractivity contribution in [3.8, 4) is 6.07 Å². The number of pyridine rings is 1. The number of aromatic amines is 1. The van der Waals surface area contributed by atoms with E-state index in [1.54, 1.807) is 4.90 Å². The van der Waals surface area contributed by atoms with Crippen molar-refractivity contribution in [2.75, 3.05) is 16.8 Å². The van der Waals surface area contributed by atoms with E-state index in [2.05, 4.69) is 15.0 Å². The Morgan fingerprint density at radius 3 is 2.61 bits per heavy atom. The van der Waals surface area contributed by atoms with E-state index in [9.17, 15) is 18.0 Å². The maximum atomic E-state index is 13.6. The highest BCUT2D eigenvalue weighted by atomic mass is 32.1. The lowest BCUT2D eigenvalue weighted by Gasteiger charge is -2.49. The van der Waals surface area contributed by atoms with Crippen LogP contribution in [-0.4, -0.2) is 38.9 Å². The van der Waals surface area contributed by atoms with E-state index in [4.69, 9.17) is 17.5 Å². The second-order valence-electron chi connectivity index (χ2n) is 7.95. The van der Waals surface area contributed by atoms with Gasteiger partial charge in [0, 0.05) is 12.7 Å². The molecule has 0 spiro atoms. The number of anilines is 2. The third-order valence-corrected chi connectivity index (χ3v) is 6.19. The molecule has 4 rings (SSSR count). The summed E-state index contributed by atoms with van der Waals surface area (Å²) in [5.41, 5.74) is 0.617. The quantitative estimate of drug-likeness (QED) is 0.550. The Balaban J connectivity index is 1.71. The van der Waals surface area contributed by atoms with Crippen molar-refractivity contribution in [2.24, 2.45) is 0 Å². The van der Waals surface area contributed by atoms with E-state index in [0.29, 0.717) is 18.5 Å². The standard InChI is InChI=1S/C22H19F3N6OS/c1-13-28-17-5-4-14(9-18(17)29-13)31(12-33)21(6-3-7-21)20(32)30(2)15-8-16(22(23,24)25)19(10-26)27-11-15/h4-5,8-9,11-12H,3,6-7H2,1-2H3,(H,28,29). The summed E-state index contributed by atoms with van der Waals surface area (Å²) in [6.45, 7) is 1.84. The molecule has 1 amide bonds. The van der Waals surface area contributed by atoms with E-state index in [0.717, 1.165) is 40.4 Å². The molecule has 1 aliphatic carbocycles. The van der Waals surface area contributed by atoms with Gasteiger partial charge in [0.1, 0.15) is 17.4 Å². The van der Waals surface area contributed by atoms with Crippen LogP contribution in [0.1, 0.15) is 36.3 Å². The van der Waals surface area contributed by atoms with E-state index in [1.165, 1.54) is 18.6 Å². The van der Waals surface area contributed by atoms with Gasteiger partial charge in [-0.05, 0) is 50.5 Å². The lowest BCUT2D eigenvalue weighted by Crippen LogP contribution is -2.63. The molecular weight excluding hydrogens is 453 g/mol. The van der Waals surface area contributed by atoms with Crippen molar-refractivity contribution < 1.29 is 18.0 Å². The Morgan fingerprint density at radius 2 is 2.03 bits per heavy atom. The van der Waals surface area contributed by atoms with Crippen molar-refractivity contribution in [3.63, 3.8) is 0 Å². The number of nitrogens with zero attached hydrogens (tertiary/aromatic N) is 5. The molecule has 1 aliphatic rings. The molecule has 0 aliphatic heterocycles. The summed E-state index contributed by atoms with van der Waals surface area (Å²) >= 11 is 5.26. The number of nitriles is 1. The summed E-state index contributed by atoms with van der Waals surface area (Å²) in [6.07, 6.45) is -1.94. The summed E-state index contributed by atoms with van der Waals surface area (Å²) in [5, 5.41) is 8.98. The average molecular weight is 472 g/mol. The second-order valence-corrected chi connectivity index (χ2v) is 8.16. The molecular formula is C22H19F3N6OS. The van der Waals surface area contributed by atoms with E-state index in [-0.39, 0.29) is 5.69 Å². The third-order valence-electron chi connectivity index (χ3n) is 5.98.